The van der Waals surface area contributed by atoms with Gasteiger partial charge in [-0.15, -0.1) is 0 Å². The number of carboxylic acids is 1. The predicted octanol–water partition coefficient (Wildman–Crippen LogP) is 2.33. The first-order chi connectivity index (χ1) is 9.38. The van der Waals surface area contributed by atoms with Crippen molar-refractivity contribution in [2.24, 2.45) is 0 Å². The van der Waals surface area contributed by atoms with Gasteiger partial charge in [-0.05, 0) is 23.8 Å². The fourth-order valence-electron chi connectivity index (χ4n) is 1.54. The van der Waals surface area contributed by atoms with Gasteiger partial charge in [0.05, 0.1) is 9.93 Å². The third kappa shape index (κ3) is 3.12. The van der Waals surface area contributed by atoms with Gasteiger partial charge in [0.1, 0.15) is 16.6 Å². The Morgan fingerprint density at radius 1 is 1.50 bits per heavy atom. The van der Waals surface area contributed by atoms with E-state index in [9.17, 15) is 14.7 Å². The second kappa shape index (κ2) is 5.82. The molecule has 1 aliphatic heterocycles. The number of hydrogen-bond donors (Lipinski definition) is 2. The summed E-state index contributed by atoms with van der Waals surface area (Å²) in [5.74, 6) is -1.64. The van der Waals surface area contributed by atoms with Crippen molar-refractivity contribution in [3.63, 3.8) is 0 Å². The van der Waals surface area contributed by atoms with Crippen LogP contribution in [0.1, 0.15) is 5.56 Å². The number of halogens is 1. The summed E-state index contributed by atoms with van der Waals surface area (Å²) in [6, 6.07) is 4.50. The summed E-state index contributed by atoms with van der Waals surface area (Å²) in [6.07, 6.45) is 1.55. The molecular weight excluding hydrogens is 322 g/mol. The van der Waals surface area contributed by atoms with Gasteiger partial charge in [-0.2, -0.15) is 0 Å². The van der Waals surface area contributed by atoms with Crippen molar-refractivity contribution in [1.29, 1.82) is 0 Å². The zero-order chi connectivity index (χ0) is 14.9. The van der Waals surface area contributed by atoms with E-state index in [1.807, 2.05) is 0 Å². The maximum Gasteiger partial charge on any atom is 0.323 e. The Bertz CT molecular complexity index is 644. The number of amides is 1. The molecule has 0 spiro atoms. The van der Waals surface area contributed by atoms with Crippen LogP contribution in [0.15, 0.2) is 23.1 Å². The molecule has 0 radical (unpaired) electrons. The minimum absolute atomic E-state index is 0.0535. The smallest absolute Gasteiger partial charge is 0.323 e. The van der Waals surface area contributed by atoms with Crippen molar-refractivity contribution in [3.8, 4) is 5.75 Å². The van der Waals surface area contributed by atoms with E-state index < -0.39 is 18.4 Å². The molecule has 0 unspecified atom stereocenters. The summed E-state index contributed by atoms with van der Waals surface area (Å²) >= 11 is 11.8. The molecule has 20 heavy (non-hydrogen) atoms. The normalized spacial score (nSPS) is 17.1. The summed E-state index contributed by atoms with van der Waals surface area (Å²) in [5.41, 5.74) is 0.614. The van der Waals surface area contributed by atoms with Crippen LogP contribution in [0, 0.1) is 0 Å². The number of carbonyl (C=O) groups is 2. The number of aromatic hydroxyl groups is 1. The molecule has 1 saturated heterocycles. The predicted molar refractivity (Wildman–Crippen MR) is 80.6 cm³/mol. The topological polar surface area (TPSA) is 77.8 Å². The second-order valence-corrected chi connectivity index (χ2v) is 5.96. The molecule has 2 N–H and O–H groups in total. The highest BCUT2D eigenvalue weighted by Crippen LogP contribution is 2.33. The van der Waals surface area contributed by atoms with Gasteiger partial charge in [0.2, 0.25) is 0 Å². The molecule has 5 nitrogen and oxygen atoms in total. The van der Waals surface area contributed by atoms with Crippen LogP contribution in [-0.4, -0.2) is 37.9 Å². The third-order valence-electron chi connectivity index (χ3n) is 2.44. The first-order valence-electron chi connectivity index (χ1n) is 5.34. The number of hydrogen-bond acceptors (Lipinski definition) is 5. The molecule has 104 valence electrons. The van der Waals surface area contributed by atoms with Crippen LogP contribution in [0.25, 0.3) is 6.08 Å². The maximum atomic E-state index is 12.0. The number of phenols is 1. The molecule has 1 fully saturated rings. The Hall–Kier alpha value is -1.57. The number of phenolic OH excluding ortho intramolecular Hbond substituents is 1. The highest BCUT2D eigenvalue weighted by molar-refractivity contribution is 8.26. The van der Waals surface area contributed by atoms with Crippen LogP contribution in [0.2, 0.25) is 5.02 Å². The first-order valence-corrected chi connectivity index (χ1v) is 6.94. The van der Waals surface area contributed by atoms with E-state index in [2.05, 4.69) is 0 Å². The largest absolute Gasteiger partial charge is 0.506 e. The average molecular weight is 330 g/mol. The molecule has 0 bridgehead atoms. The number of nitrogens with zero attached hydrogens (tertiary/aromatic N) is 1. The molecule has 0 aromatic heterocycles. The third-order valence-corrected chi connectivity index (χ3v) is 4.12. The van der Waals surface area contributed by atoms with Gasteiger partial charge in [-0.1, -0.05) is 41.6 Å². The zero-order valence-electron chi connectivity index (χ0n) is 9.87. The SMILES string of the molecule is O=C(O)CN1C(=O)/C(=C/c2ccc(O)c(Cl)c2)SC1=S. The van der Waals surface area contributed by atoms with E-state index in [1.54, 1.807) is 12.1 Å². The molecule has 1 aromatic rings. The second-order valence-electron chi connectivity index (χ2n) is 3.87. The number of aliphatic carboxylic acids is 1. The molecule has 1 amide bonds. The number of rotatable bonds is 3. The Morgan fingerprint density at radius 3 is 2.80 bits per heavy atom. The van der Waals surface area contributed by atoms with Crippen LogP contribution in [0.4, 0.5) is 0 Å². The summed E-state index contributed by atoms with van der Waals surface area (Å²) in [6.45, 7) is -0.460. The molecule has 0 atom stereocenters. The van der Waals surface area contributed by atoms with Gasteiger partial charge in [-0.3, -0.25) is 14.5 Å². The Balaban J connectivity index is 2.27. The molecule has 1 aromatic carbocycles. The van der Waals surface area contributed by atoms with Crippen molar-refractivity contribution >= 4 is 57.9 Å². The lowest BCUT2D eigenvalue weighted by Crippen LogP contribution is -2.33. The minimum atomic E-state index is -1.13. The Kier molecular flexibility index (Phi) is 4.32. The van der Waals surface area contributed by atoms with Crippen LogP contribution >= 0.6 is 35.6 Å². The summed E-state index contributed by atoms with van der Waals surface area (Å²) in [4.78, 5) is 24.0. The molecular formula is C12H8ClNO4S2. The summed E-state index contributed by atoms with van der Waals surface area (Å²) < 4.78 is 0.202. The number of thioether (sulfide) groups is 1. The van der Waals surface area contributed by atoms with Crippen molar-refractivity contribution in [2.45, 2.75) is 0 Å². The molecule has 1 heterocycles. The van der Waals surface area contributed by atoms with Gasteiger partial charge >= 0.3 is 5.97 Å². The molecule has 8 heteroatoms. The van der Waals surface area contributed by atoms with E-state index in [0.717, 1.165) is 16.7 Å². The Morgan fingerprint density at radius 2 is 2.20 bits per heavy atom. The van der Waals surface area contributed by atoms with Crippen molar-refractivity contribution < 1.29 is 19.8 Å². The van der Waals surface area contributed by atoms with Gasteiger partial charge in [-0.25, -0.2) is 0 Å². The van der Waals surface area contributed by atoms with E-state index in [4.69, 9.17) is 28.9 Å². The molecule has 0 saturated carbocycles. The molecule has 1 aliphatic rings. The fourth-order valence-corrected chi connectivity index (χ4v) is 2.98. The van der Waals surface area contributed by atoms with Crippen LogP contribution < -0.4 is 0 Å². The fraction of sp³-hybridized carbons (Fsp3) is 0.0833. The quantitative estimate of drug-likeness (QED) is 0.654. The highest BCUT2D eigenvalue weighted by Gasteiger charge is 2.33. The van der Waals surface area contributed by atoms with Gasteiger partial charge in [0.25, 0.3) is 5.91 Å². The lowest BCUT2D eigenvalue weighted by molar-refractivity contribution is -0.140. The maximum absolute atomic E-state index is 12.0. The van der Waals surface area contributed by atoms with Gasteiger partial charge < -0.3 is 10.2 Å². The zero-order valence-corrected chi connectivity index (χ0v) is 12.3. The number of carbonyl (C=O) groups excluding carboxylic acids is 1. The van der Waals surface area contributed by atoms with Crippen LogP contribution in [0.3, 0.4) is 0 Å². The standard InChI is InChI=1S/C12H8ClNO4S2/c13-7-3-6(1-2-8(7)15)4-9-11(18)14(5-10(16)17)12(19)20-9/h1-4,15H,5H2,(H,16,17)/b9-4-. The van der Waals surface area contributed by atoms with Gasteiger partial charge in [0, 0.05) is 0 Å². The highest BCUT2D eigenvalue weighted by atomic mass is 35.5. The van der Waals surface area contributed by atoms with E-state index in [0.29, 0.717) is 10.5 Å². The first kappa shape index (κ1) is 14.8. The lowest BCUT2D eigenvalue weighted by atomic mass is 10.2. The van der Waals surface area contributed by atoms with E-state index in [-0.39, 0.29) is 15.1 Å². The summed E-state index contributed by atoms with van der Waals surface area (Å²) in [7, 11) is 0. The Labute approximate surface area is 128 Å². The number of thiocarbonyl (C=S) groups is 1. The van der Waals surface area contributed by atoms with Gasteiger partial charge in [0.15, 0.2) is 0 Å². The minimum Gasteiger partial charge on any atom is -0.506 e. The molecule has 0 aliphatic carbocycles. The van der Waals surface area contributed by atoms with Crippen molar-refractivity contribution in [1.82, 2.24) is 4.90 Å². The molecule has 2 rings (SSSR count). The van der Waals surface area contributed by atoms with E-state index in [1.165, 1.54) is 12.1 Å². The lowest BCUT2D eigenvalue weighted by Gasteiger charge is -2.10. The van der Waals surface area contributed by atoms with Crippen molar-refractivity contribution in [3.05, 3.63) is 33.7 Å². The number of benzene rings is 1. The van der Waals surface area contributed by atoms with E-state index >= 15 is 0 Å². The van der Waals surface area contributed by atoms with Crippen LogP contribution in [0.5, 0.6) is 5.75 Å². The average Bonchev–Trinajstić information content (AvgIpc) is 2.61. The number of carboxylic acid groups (broad SMARTS) is 1. The van der Waals surface area contributed by atoms with Crippen molar-refractivity contribution in [2.75, 3.05) is 6.54 Å². The van der Waals surface area contributed by atoms with Crippen LogP contribution in [-0.2, 0) is 9.59 Å². The monoisotopic (exact) mass is 329 g/mol. The summed E-state index contributed by atoms with van der Waals surface area (Å²) in [5, 5.41) is 18.2.